The summed E-state index contributed by atoms with van der Waals surface area (Å²) in [5.74, 6) is -1.11. The molecule has 0 aliphatic carbocycles. The van der Waals surface area contributed by atoms with Crippen LogP contribution < -0.4 is 10.6 Å². The minimum absolute atomic E-state index is 0.0533. The third-order valence-electron chi connectivity index (χ3n) is 5.73. The fourth-order valence-electron chi connectivity index (χ4n) is 4.00. The maximum absolute atomic E-state index is 14.6. The van der Waals surface area contributed by atoms with E-state index < -0.39 is 23.9 Å². The van der Waals surface area contributed by atoms with E-state index in [1.165, 1.54) is 11.0 Å². The van der Waals surface area contributed by atoms with Gasteiger partial charge >= 0.3 is 18.0 Å². The Morgan fingerprint density at radius 1 is 1.21 bits per heavy atom. The zero-order valence-electron chi connectivity index (χ0n) is 19.6. The second kappa shape index (κ2) is 10.7. The number of benzene rings is 1. The zero-order chi connectivity index (χ0) is 24.1. The summed E-state index contributed by atoms with van der Waals surface area (Å²) in [7, 11) is 1.58. The Bertz CT molecular complexity index is 927. The van der Waals surface area contributed by atoms with Gasteiger partial charge in [-0.25, -0.2) is 18.8 Å². The lowest BCUT2D eigenvalue weighted by molar-refractivity contribution is -0.139. The summed E-state index contributed by atoms with van der Waals surface area (Å²) < 4.78 is 19.9. The van der Waals surface area contributed by atoms with Crippen LogP contribution in [0.15, 0.2) is 35.5 Å². The van der Waals surface area contributed by atoms with Crippen molar-refractivity contribution < 1.29 is 23.5 Å². The van der Waals surface area contributed by atoms with Gasteiger partial charge in [0.1, 0.15) is 5.82 Å². The van der Waals surface area contributed by atoms with Crippen LogP contribution in [0.3, 0.4) is 0 Å². The molecule has 1 aromatic rings. The van der Waals surface area contributed by atoms with E-state index in [9.17, 15) is 18.8 Å². The van der Waals surface area contributed by atoms with Crippen molar-refractivity contribution >= 4 is 18.0 Å². The monoisotopic (exact) mass is 461 g/mol. The molecule has 1 aromatic carbocycles. The quantitative estimate of drug-likeness (QED) is 0.633. The van der Waals surface area contributed by atoms with E-state index in [0.29, 0.717) is 38.4 Å². The smallest absolute Gasteiger partial charge is 0.338 e. The molecule has 4 amide bonds. The van der Waals surface area contributed by atoms with Crippen molar-refractivity contribution in [2.45, 2.75) is 32.9 Å². The Morgan fingerprint density at radius 2 is 1.88 bits per heavy atom. The van der Waals surface area contributed by atoms with E-state index >= 15 is 0 Å². The standard InChI is InChI=1S/C23H32FN5O4/c1-5-33-21(30)19-18(14-28-10-12-29(13-11-28)23(32)25-15(2)3)27(4)22(31)26-20(19)16-8-6-7-9-17(16)24/h6-9,15,20H,5,10-14H2,1-4H3,(H,25,32)(H,26,31). The first-order valence-electron chi connectivity index (χ1n) is 11.2. The molecule has 0 saturated carbocycles. The number of likely N-dealkylation sites (N-methyl/N-ethyl adjacent to an activating group) is 1. The fourth-order valence-corrected chi connectivity index (χ4v) is 4.00. The van der Waals surface area contributed by atoms with Gasteiger partial charge in [-0.2, -0.15) is 0 Å². The maximum Gasteiger partial charge on any atom is 0.338 e. The largest absolute Gasteiger partial charge is 0.463 e. The average Bonchev–Trinajstić information content (AvgIpc) is 2.77. The van der Waals surface area contributed by atoms with E-state index in [2.05, 4.69) is 15.5 Å². The molecular formula is C23H32FN5O4. The Balaban J connectivity index is 1.88. The molecular weight excluding hydrogens is 429 g/mol. The SMILES string of the molecule is CCOC(=O)C1=C(CN2CCN(C(=O)NC(C)C)CC2)N(C)C(=O)NC1c1ccccc1F. The van der Waals surface area contributed by atoms with Crippen molar-refractivity contribution in [2.24, 2.45) is 0 Å². The number of urea groups is 2. The number of ether oxygens (including phenoxy) is 1. The number of halogens is 1. The average molecular weight is 462 g/mol. The number of nitrogens with one attached hydrogen (secondary N) is 2. The number of carbonyl (C=O) groups excluding carboxylic acids is 3. The van der Waals surface area contributed by atoms with Gasteiger partial charge in [0.05, 0.1) is 18.2 Å². The predicted molar refractivity (Wildman–Crippen MR) is 121 cm³/mol. The number of rotatable bonds is 6. The number of hydrogen-bond donors (Lipinski definition) is 2. The molecule has 1 fully saturated rings. The van der Waals surface area contributed by atoms with Crippen molar-refractivity contribution in [3.8, 4) is 0 Å². The van der Waals surface area contributed by atoms with Gasteiger partial charge in [-0.05, 0) is 26.8 Å². The first-order valence-corrected chi connectivity index (χ1v) is 11.2. The number of esters is 1. The van der Waals surface area contributed by atoms with E-state index in [-0.39, 0.29) is 29.8 Å². The van der Waals surface area contributed by atoms with Crippen LogP contribution in [-0.2, 0) is 9.53 Å². The van der Waals surface area contributed by atoms with Gasteiger partial charge in [-0.1, -0.05) is 18.2 Å². The second-order valence-corrected chi connectivity index (χ2v) is 8.41. The molecule has 0 radical (unpaired) electrons. The van der Waals surface area contributed by atoms with E-state index in [0.717, 1.165) is 0 Å². The molecule has 9 nitrogen and oxygen atoms in total. The van der Waals surface area contributed by atoms with Gasteiger partial charge in [-0.3, -0.25) is 9.80 Å². The van der Waals surface area contributed by atoms with Crippen molar-refractivity contribution in [1.29, 1.82) is 0 Å². The summed E-state index contributed by atoms with van der Waals surface area (Å²) in [6, 6.07) is 4.62. The minimum Gasteiger partial charge on any atom is -0.463 e. The summed E-state index contributed by atoms with van der Waals surface area (Å²) >= 11 is 0. The highest BCUT2D eigenvalue weighted by Crippen LogP contribution is 2.32. The Kier molecular flexibility index (Phi) is 7.91. The summed E-state index contributed by atoms with van der Waals surface area (Å²) in [6.45, 7) is 8.16. The lowest BCUT2D eigenvalue weighted by atomic mass is 9.94. The lowest BCUT2D eigenvalue weighted by Crippen LogP contribution is -2.55. The molecule has 10 heteroatoms. The molecule has 1 saturated heterocycles. The normalized spacial score (nSPS) is 19.6. The number of nitrogens with zero attached hydrogens (tertiary/aromatic N) is 3. The molecule has 1 atom stereocenters. The Morgan fingerprint density at radius 3 is 2.48 bits per heavy atom. The Labute approximate surface area is 193 Å². The number of amides is 4. The summed E-state index contributed by atoms with van der Waals surface area (Å²) in [5, 5.41) is 5.62. The molecule has 2 aliphatic heterocycles. The highest BCUT2D eigenvalue weighted by Gasteiger charge is 2.38. The number of carbonyl (C=O) groups is 3. The van der Waals surface area contributed by atoms with Crippen molar-refractivity contribution in [3.63, 3.8) is 0 Å². The molecule has 2 N–H and O–H groups in total. The van der Waals surface area contributed by atoms with Gasteiger partial charge in [0.15, 0.2) is 0 Å². The molecule has 2 aliphatic rings. The molecule has 1 unspecified atom stereocenters. The number of piperazine rings is 1. The van der Waals surface area contributed by atoms with Crippen LogP contribution in [0.2, 0.25) is 0 Å². The van der Waals surface area contributed by atoms with E-state index in [4.69, 9.17) is 4.74 Å². The highest BCUT2D eigenvalue weighted by atomic mass is 19.1. The highest BCUT2D eigenvalue weighted by molar-refractivity contribution is 5.95. The molecule has 0 aromatic heterocycles. The van der Waals surface area contributed by atoms with Crippen LogP contribution in [0.5, 0.6) is 0 Å². The topological polar surface area (TPSA) is 94.2 Å². The van der Waals surface area contributed by atoms with Gasteiger partial charge in [0.25, 0.3) is 0 Å². The summed E-state index contributed by atoms with van der Waals surface area (Å²) in [4.78, 5) is 43.2. The van der Waals surface area contributed by atoms with Crippen LogP contribution in [0, 0.1) is 5.82 Å². The molecule has 0 spiro atoms. The van der Waals surface area contributed by atoms with Crippen molar-refractivity contribution in [2.75, 3.05) is 46.4 Å². The first kappa shape index (κ1) is 24.5. The molecule has 2 heterocycles. The molecule has 3 rings (SSSR count). The fraction of sp³-hybridized carbons (Fsp3) is 0.522. The maximum atomic E-state index is 14.6. The van der Waals surface area contributed by atoms with Crippen LogP contribution in [0.4, 0.5) is 14.0 Å². The number of hydrogen-bond acceptors (Lipinski definition) is 5. The van der Waals surface area contributed by atoms with E-state index in [1.54, 1.807) is 37.1 Å². The molecule has 180 valence electrons. The predicted octanol–water partition coefficient (Wildman–Crippen LogP) is 2.07. The first-order chi connectivity index (χ1) is 15.7. The van der Waals surface area contributed by atoms with Gasteiger partial charge in [0.2, 0.25) is 0 Å². The van der Waals surface area contributed by atoms with Crippen LogP contribution in [-0.4, -0.2) is 85.2 Å². The summed E-state index contributed by atoms with van der Waals surface area (Å²) in [5.41, 5.74) is 0.879. The van der Waals surface area contributed by atoms with Crippen LogP contribution in [0.1, 0.15) is 32.4 Å². The van der Waals surface area contributed by atoms with Crippen LogP contribution in [0.25, 0.3) is 0 Å². The van der Waals surface area contributed by atoms with Gasteiger partial charge in [0, 0.05) is 57.1 Å². The van der Waals surface area contributed by atoms with Crippen molar-refractivity contribution in [3.05, 3.63) is 46.9 Å². The lowest BCUT2D eigenvalue weighted by Gasteiger charge is -2.39. The van der Waals surface area contributed by atoms with Gasteiger partial charge in [-0.15, -0.1) is 0 Å². The third-order valence-corrected chi connectivity index (χ3v) is 5.73. The van der Waals surface area contributed by atoms with E-state index in [1.807, 2.05) is 13.8 Å². The van der Waals surface area contributed by atoms with Gasteiger partial charge < -0.3 is 20.3 Å². The van der Waals surface area contributed by atoms with Crippen molar-refractivity contribution in [1.82, 2.24) is 25.3 Å². The minimum atomic E-state index is -0.956. The zero-order valence-corrected chi connectivity index (χ0v) is 19.6. The molecule has 33 heavy (non-hydrogen) atoms. The second-order valence-electron chi connectivity index (χ2n) is 8.41. The van der Waals surface area contributed by atoms with Crippen LogP contribution >= 0.6 is 0 Å². The third kappa shape index (κ3) is 5.62. The summed E-state index contributed by atoms with van der Waals surface area (Å²) in [6.07, 6.45) is 0. The Hall–Kier alpha value is -3.14. The molecule has 0 bridgehead atoms.